The first-order valence-electron chi connectivity index (χ1n) is 6.67. The Kier molecular flexibility index (Phi) is 2.76. The molecule has 1 aromatic rings. The molecule has 0 spiro atoms. The standard InChI is InChI=1S/C15H20O4/c1-8-5-10(17-4)6-13-11(8)7-12-9(2)14(16)19-15(12,3)18-13/h5-6,9,12,14,16H,7H2,1-4H3/t9-,12-,14?,15+/m1/s1. The maximum absolute atomic E-state index is 9.92. The van der Waals surface area contributed by atoms with Gasteiger partial charge in [-0.3, -0.25) is 0 Å². The summed E-state index contributed by atoms with van der Waals surface area (Å²) in [5, 5.41) is 9.92. The lowest BCUT2D eigenvalue weighted by molar-refractivity contribution is -0.227. The Balaban J connectivity index is 2.04. The van der Waals surface area contributed by atoms with Crippen LogP contribution in [0.25, 0.3) is 0 Å². The van der Waals surface area contributed by atoms with Crippen LogP contribution in [0, 0.1) is 18.8 Å². The molecular formula is C15H20O4. The van der Waals surface area contributed by atoms with Crippen molar-refractivity contribution in [2.75, 3.05) is 7.11 Å². The normalized spacial score (nSPS) is 36.4. The summed E-state index contributed by atoms with van der Waals surface area (Å²) in [6.45, 7) is 5.97. The average molecular weight is 264 g/mol. The fourth-order valence-electron chi connectivity index (χ4n) is 3.24. The lowest BCUT2D eigenvalue weighted by atomic mass is 9.81. The highest BCUT2D eigenvalue weighted by atomic mass is 16.8. The van der Waals surface area contributed by atoms with Crippen LogP contribution < -0.4 is 9.47 Å². The summed E-state index contributed by atoms with van der Waals surface area (Å²) in [7, 11) is 1.65. The fraction of sp³-hybridized carbons (Fsp3) is 0.600. The van der Waals surface area contributed by atoms with Gasteiger partial charge in [-0.05, 0) is 30.5 Å². The third kappa shape index (κ3) is 1.82. The molecule has 4 atom stereocenters. The average Bonchev–Trinajstić information content (AvgIpc) is 2.57. The molecule has 1 saturated heterocycles. The Hall–Kier alpha value is -1.26. The molecule has 1 unspecified atom stereocenters. The van der Waals surface area contributed by atoms with Crippen LogP contribution in [0.2, 0.25) is 0 Å². The van der Waals surface area contributed by atoms with Gasteiger partial charge in [0.05, 0.1) is 7.11 Å². The molecule has 0 saturated carbocycles. The minimum absolute atomic E-state index is 0.0691. The van der Waals surface area contributed by atoms with Crippen molar-refractivity contribution < 1.29 is 19.3 Å². The molecule has 0 amide bonds. The van der Waals surface area contributed by atoms with Crippen LogP contribution in [-0.4, -0.2) is 24.3 Å². The summed E-state index contributed by atoms with van der Waals surface area (Å²) in [6.07, 6.45) is 0.103. The zero-order valence-electron chi connectivity index (χ0n) is 11.8. The molecule has 1 N–H and O–H groups in total. The number of methoxy groups -OCH3 is 1. The van der Waals surface area contributed by atoms with Gasteiger partial charge in [-0.25, -0.2) is 0 Å². The van der Waals surface area contributed by atoms with E-state index in [1.54, 1.807) is 7.11 Å². The van der Waals surface area contributed by atoms with E-state index >= 15 is 0 Å². The van der Waals surface area contributed by atoms with Crippen LogP contribution >= 0.6 is 0 Å². The molecule has 0 aliphatic carbocycles. The Morgan fingerprint density at radius 2 is 2.16 bits per heavy atom. The minimum atomic E-state index is -0.758. The van der Waals surface area contributed by atoms with E-state index in [0.29, 0.717) is 0 Å². The first-order chi connectivity index (χ1) is 8.94. The molecule has 0 aromatic heterocycles. The number of aliphatic hydroxyl groups is 1. The van der Waals surface area contributed by atoms with E-state index in [1.807, 2.05) is 26.0 Å². The number of aryl methyl sites for hydroxylation is 1. The summed E-state index contributed by atoms with van der Waals surface area (Å²) >= 11 is 0. The first-order valence-corrected chi connectivity index (χ1v) is 6.67. The van der Waals surface area contributed by atoms with Crippen molar-refractivity contribution >= 4 is 0 Å². The third-order valence-electron chi connectivity index (χ3n) is 4.49. The molecule has 4 nitrogen and oxygen atoms in total. The summed E-state index contributed by atoms with van der Waals surface area (Å²) in [4.78, 5) is 0. The summed E-state index contributed by atoms with van der Waals surface area (Å²) in [5.41, 5.74) is 2.35. The minimum Gasteiger partial charge on any atom is -0.497 e. The fourth-order valence-corrected chi connectivity index (χ4v) is 3.24. The summed E-state index contributed by atoms with van der Waals surface area (Å²) in [5.74, 6) is 1.08. The highest BCUT2D eigenvalue weighted by Gasteiger charge is 2.54. The zero-order valence-corrected chi connectivity index (χ0v) is 11.8. The first kappa shape index (κ1) is 12.8. The number of hydrogen-bond acceptors (Lipinski definition) is 4. The Morgan fingerprint density at radius 3 is 2.84 bits per heavy atom. The van der Waals surface area contributed by atoms with E-state index in [9.17, 15) is 5.11 Å². The van der Waals surface area contributed by atoms with Gasteiger partial charge in [0, 0.05) is 24.8 Å². The molecule has 0 bridgehead atoms. The van der Waals surface area contributed by atoms with E-state index < -0.39 is 12.1 Å². The molecule has 2 aliphatic heterocycles. The van der Waals surface area contributed by atoms with Crippen LogP contribution in [0.15, 0.2) is 12.1 Å². The second-order valence-corrected chi connectivity index (χ2v) is 5.72. The Labute approximate surface area is 113 Å². The topological polar surface area (TPSA) is 47.9 Å². The highest BCUT2D eigenvalue weighted by molar-refractivity contribution is 5.48. The van der Waals surface area contributed by atoms with E-state index in [1.165, 1.54) is 5.56 Å². The third-order valence-corrected chi connectivity index (χ3v) is 4.49. The molecular weight excluding hydrogens is 244 g/mol. The van der Waals surface area contributed by atoms with E-state index in [0.717, 1.165) is 23.5 Å². The van der Waals surface area contributed by atoms with Crippen molar-refractivity contribution in [3.8, 4) is 11.5 Å². The second-order valence-electron chi connectivity index (χ2n) is 5.72. The second kappa shape index (κ2) is 4.12. The van der Waals surface area contributed by atoms with Gasteiger partial charge in [0.2, 0.25) is 5.79 Å². The number of benzene rings is 1. The molecule has 4 heteroatoms. The molecule has 0 radical (unpaired) electrons. The largest absolute Gasteiger partial charge is 0.497 e. The lowest BCUT2D eigenvalue weighted by Crippen LogP contribution is -2.44. The van der Waals surface area contributed by atoms with E-state index in [2.05, 4.69) is 6.92 Å². The maximum atomic E-state index is 9.92. The molecule has 1 fully saturated rings. The molecule has 1 aromatic carbocycles. The van der Waals surface area contributed by atoms with Crippen molar-refractivity contribution in [1.82, 2.24) is 0 Å². The van der Waals surface area contributed by atoms with Crippen LogP contribution in [0.3, 0.4) is 0 Å². The molecule has 104 valence electrons. The summed E-state index contributed by atoms with van der Waals surface area (Å²) in [6, 6.07) is 3.91. The number of aliphatic hydroxyl groups excluding tert-OH is 1. The van der Waals surface area contributed by atoms with Crippen LogP contribution in [-0.2, 0) is 11.2 Å². The zero-order chi connectivity index (χ0) is 13.8. The van der Waals surface area contributed by atoms with Gasteiger partial charge in [0.1, 0.15) is 11.5 Å². The molecule has 19 heavy (non-hydrogen) atoms. The smallest absolute Gasteiger partial charge is 0.213 e. The van der Waals surface area contributed by atoms with Gasteiger partial charge in [-0.2, -0.15) is 0 Å². The van der Waals surface area contributed by atoms with Crippen molar-refractivity contribution in [3.05, 3.63) is 23.3 Å². The SMILES string of the molecule is COc1cc(C)c2c(c1)O[C@@]1(C)OC(O)[C@H](C)[C@H]1C2. The predicted octanol–water partition coefficient (Wildman–Crippen LogP) is 2.26. The number of rotatable bonds is 1. The van der Waals surface area contributed by atoms with Crippen molar-refractivity contribution in [2.45, 2.75) is 39.3 Å². The quantitative estimate of drug-likeness (QED) is 0.845. The monoisotopic (exact) mass is 264 g/mol. The van der Waals surface area contributed by atoms with Gasteiger partial charge in [-0.1, -0.05) is 6.92 Å². The number of ether oxygens (including phenoxy) is 3. The van der Waals surface area contributed by atoms with Crippen molar-refractivity contribution in [2.24, 2.45) is 11.8 Å². The summed E-state index contributed by atoms with van der Waals surface area (Å²) < 4.78 is 17.0. The van der Waals surface area contributed by atoms with Crippen LogP contribution in [0.5, 0.6) is 11.5 Å². The van der Waals surface area contributed by atoms with Gasteiger partial charge in [-0.15, -0.1) is 0 Å². The van der Waals surface area contributed by atoms with Crippen LogP contribution in [0.4, 0.5) is 0 Å². The number of fused-ring (bicyclic) bond motifs is 2. The van der Waals surface area contributed by atoms with Gasteiger partial charge in [0.25, 0.3) is 0 Å². The lowest BCUT2D eigenvalue weighted by Gasteiger charge is -2.38. The van der Waals surface area contributed by atoms with Gasteiger partial charge >= 0.3 is 0 Å². The molecule has 2 aliphatic rings. The van der Waals surface area contributed by atoms with Crippen LogP contribution in [0.1, 0.15) is 25.0 Å². The predicted molar refractivity (Wildman–Crippen MR) is 70.2 cm³/mol. The highest BCUT2D eigenvalue weighted by Crippen LogP contribution is 2.49. The Morgan fingerprint density at radius 1 is 1.42 bits per heavy atom. The van der Waals surface area contributed by atoms with Gasteiger partial charge < -0.3 is 19.3 Å². The van der Waals surface area contributed by atoms with Gasteiger partial charge in [0.15, 0.2) is 6.29 Å². The Bertz CT molecular complexity index is 513. The van der Waals surface area contributed by atoms with Crippen molar-refractivity contribution in [1.29, 1.82) is 0 Å². The molecule has 2 heterocycles. The van der Waals surface area contributed by atoms with Crippen molar-refractivity contribution in [3.63, 3.8) is 0 Å². The number of hydrogen-bond donors (Lipinski definition) is 1. The van der Waals surface area contributed by atoms with E-state index in [4.69, 9.17) is 14.2 Å². The van der Waals surface area contributed by atoms with E-state index in [-0.39, 0.29) is 11.8 Å². The maximum Gasteiger partial charge on any atom is 0.213 e. The molecule has 3 rings (SSSR count).